The van der Waals surface area contributed by atoms with Crippen LogP contribution in [0, 0.1) is 0 Å². The van der Waals surface area contributed by atoms with Gasteiger partial charge in [-0.25, -0.2) is 9.18 Å². The third kappa shape index (κ3) is 3.56. The fraction of sp³-hybridized carbons (Fsp3) is 0.412. The average Bonchev–Trinajstić information content (AvgIpc) is 2.86. The smallest absolute Gasteiger partial charge is 0.344 e. The van der Waals surface area contributed by atoms with Crippen molar-refractivity contribution >= 4 is 40.8 Å². The lowest BCUT2D eigenvalue weighted by molar-refractivity contribution is -0.147. The highest BCUT2D eigenvalue weighted by Crippen LogP contribution is 2.44. The molecule has 140 valence electrons. The second kappa shape index (κ2) is 6.68. The van der Waals surface area contributed by atoms with Crippen molar-refractivity contribution in [2.75, 3.05) is 13.2 Å². The van der Waals surface area contributed by atoms with Crippen molar-refractivity contribution in [3.63, 3.8) is 0 Å². The van der Waals surface area contributed by atoms with Crippen molar-refractivity contribution in [1.82, 2.24) is 5.16 Å². The number of carbonyl (C=O) groups excluding carboxylic acids is 1. The number of carbonyl (C=O) groups is 1. The number of benzene rings is 1. The zero-order chi connectivity index (χ0) is 19.3. The summed E-state index contributed by atoms with van der Waals surface area (Å²) < 4.78 is 30.4. The summed E-state index contributed by atoms with van der Waals surface area (Å²) in [6, 6.07) is 2.88. The zero-order valence-corrected chi connectivity index (χ0v) is 16.4. The molecule has 2 heterocycles. The van der Waals surface area contributed by atoms with Gasteiger partial charge in [-0.15, -0.1) is 0 Å². The maximum absolute atomic E-state index is 14.9. The Hall–Kier alpha value is -1.34. The molecule has 0 bridgehead atoms. The lowest BCUT2D eigenvalue weighted by atomic mass is 9.94. The van der Waals surface area contributed by atoms with Crippen LogP contribution >= 0.6 is 34.8 Å². The van der Waals surface area contributed by atoms with Gasteiger partial charge in [-0.1, -0.05) is 40.0 Å². The summed E-state index contributed by atoms with van der Waals surface area (Å²) in [6.07, 6.45) is 0. The van der Waals surface area contributed by atoms with E-state index in [0.717, 1.165) is 0 Å². The molecule has 0 aliphatic carbocycles. The first-order chi connectivity index (χ1) is 12.0. The summed E-state index contributed by atoms with van der Waals surface area (Å²) in [5.41, 5.74) is -2.75. The van der Waals surface area contributed by atoms with Crippen LogP contribution in [0.4, 0.5) is 4.39 Å². The Morgan fingerprint density at radius 2 is 1.81 bits per heavy atom. The Balaban J connectivity index is 2.19. The predicted molar refractivity (Wildman–Crippen MR) is 95.7 cm³/mol. The molecule has 1 aromatic carbocycles. The molecule has 1 saturated heterocycles. The molecule has 9 heteroatoms. The van der Waals surface area contributed by atoms with E-state index in [-0.39, 0.29) is 45.8 Å². The zero-order valence-electron chi connectivity index (χ0n) is 14.2. The van der Waals surface area contributed by atoms with Crippen LogP contribution in [0.2, 0.25) is 15.1 Å². The monoisotopic (exact) mass is 421 g/mol. The molecule has 0 saturated carbocycles. The third-order valence-electron chi connectivity index (χ3n) is 3.61. The van der Waals surface area contributed by atoms with Gasteiger partial charge in [0.2, 0.25) is 5.67 Å². The SMILES string of the molecule is CC(C)(C)OC(=O)c1c(-c2c(Cl)cc(Cl)cc2Cl)noc1C1(F)COC1. The first-order valence-corrected chi connectivity index (χ1v) is 8.80. The Bertz CT molecular complexity index is 848. The number of alkyl halides is 1. The number of ether oxygens (including phenoxy) is 2. The van der Waals surface area contributed by atoms with Gasteiger partial charge in [0.15, 0.2) is 5.76 Å². The predicted octanol–water partition coefficient (Wildman–Crippen LogP) is 5.45. The van der Waals surface area contributed by atoms with E-state index in [1.807, 2.05) is 0 Å². The van der Waals surface area contributed by atoms with Crippen LogP contribution in [-0.2, 0) is 15.1 Å². The molecule has 0 amide bonds. The second-order valence-corrected chi connectivity index (χ2v) is 8.19. The average molecular weight is 423 g/mol. The Morgan fingerprint density at radius 1 is 1.23 bits per heavy atom. The molecule has 1 aliphatic heterocycles. The van der Waals surface area contributed by atoms with Gasteiger partial charge in [-0.2, -0.15) is 0 Å². The molecule has 3 rings (SSSR count). The van der Waals surface area contributed by atoms with Gasteiger partial charge in [0.25, 0.3) is 0 Å². The van der Waals surface area contributed by atoms with Gasteiger partial charge in [-0.3, -0.25) is 0 Å². The molecule has 1 aromatic heterocycles. The Labute approximate surface area is 164 Å². The van der Waals surface area contributed by atoms with E-state index in [4.69, 9.17) is 48.8 Å². The molecule has 1 fully saturated rings. The van der Waals surface area contributed by atoms with E-state index in [1.165, 1.54) is 12.1 Å². The molecule has 0 unspecified atom stereocenters. The minimum atomic E-state index is -1.97. The van der Waals surface area contributed by atoms with Crippen LogP contribution in [-0.4, -0.2) is 29.9 Å². The van der Waals surface area contributed by atoms with Crippen molar-refractivity contribution in [2.24, 2.45) is 0 Å². The largest absolute Gasteiger partial charge is 0.456 e. The van der Waals surface area contributed by atoms with Crippen LogP contribution in [0.25, 0.3) is 11.3 Å². The van der Waals surface area contributed by atoms with Gasteiger partial charge in [0.1, 0.15) is 16.9 Å². The molecular weight excluding hydrogens is 408 g/mol. The molecule has 26 heavy (non-hydrogen) atoms. The van der Waals surface area contributed by atoms with Gasteiger partial charge in [-0.05, 0) is 32.9 Å². The minimum Gasteiger partial charge on any atom is -0.456 e. The quantitative estimate of drug-likeness (QED) is 0.615. The first-order valence-electron chi connectivity index (χ1n) is 7.67. The van der Waals surface area contributed by atoms with E-state index in [9.17, 15) is 9.18 Å². The number of hydrogen-bond donors (Lipinski definition) is 0. The number of nitrogens with zero attached hydrogens (tertiary/aromatic N) is 1. The summed E-state index contributed by atoms with van der Waals surface area (Å²) in [4.78, 5) is 12.8. The summed E-state index contributed by atoms with van der Waals surface area (Å²) in [5.74, 6) is -1.06. The lowest BCUT2D eigenvalue weighted by Crippen LogP contribution is -2.43. The number of esters is 1. The lowest BCUT2D eigenvalue weighted by Gasteiger charge is -2.31. The number of hydrogen-bond acceptors (Lipinski definition) is 5. The molecule has 5 nitrogen and oxygen atoms in total. The van der Waals surface area contributed by atoms with Crippen LogP contribution in [0.1, 0.15) is 36.9 Å². The van der Waals surface area contributed by atoms with E-state index in [1.54, 1.807) is 20.8 Å². The topological polar surface area (TPSA) is 61.6 Å². The van der Waals surface area contributed by atoms with Crippen molar-refractivity contribution in [1.29, 1.82) is 0 Å². The van der Waals surface area contributed by atoms with Crippen LogP contribution in [0.5, 0.6) is 0 Å². The Morgan fingerprint density at radius 3 is 2.27 bits per heavy atom. The Kier molecular flexibility index (Phi) is 4.99. The maximum Gasteiger partial charge on any atom is 0.344 e. The fourth-order valence-corrected chi connectivity index (χ4v) is 3.46. The molecule has 0 spiro atoms. The molecule has 0 N–H and O–H groups in total. The molecule has 0 atom stereocenters. The number of rotatable bonds is 3. The standard InChI is InChI=1S/C17H15Cl3FNO4/c1-16(2,3)25-15(23)12-13(11-9(19)4-8(18)5-10(11)20)22-26-14(12)17(21)6-24-7-17/h4-5H,6-7H2,1-3H3. The van der Waals surface area contributed by atoms with Gasteiger partial charge < -0.3 is 14.0 Å². The van der Waals surface area contributed by atoms with E-state index in [0.29, 0.717) is 5.02 Å². The summed E-state index contributed by atoms with van der Waals surface area (Å²) in [5, 5.41) is 4.45. The molecule has 1 aliphatic rings. The highest BCUT2D eigenvalue weighted by atomic mass is 35.5. The molecule has 2 aromatic rings. The van der Waals surface area contributed by atoms with Crippen LogP contribution in [0.3, 0.4) is 0 Å². The third-order valence-corrected chi connectivity index (χ3v) is 4.42. The normalized spacial score (nSPS) is 16.3. The molecule has 0 radical (unpaired) electrons. The maximum atomic E-state index is 14.9. The van der Waals surface area contributed by atoms with Crippen molar-refractivity contribution in [2.45, 2.75) is 32.0 Å². The van der Waals surface area contributed by atoms with Crippen molar-refractivity contribution < 1.29 is 23.2 Å². The summed E-state index contributed by atoms with van der Waals surface area (Å²) in [6.45, 7) is 4.58. The second-order valence-electron chi connectivity index (χ2n) is 6.94. The van der Waals surface area contributed by atoms with Gasteiger partial charge in [0.05, 0.1) is 23.3 Å². The van der Waals surface area contributed by atoms with Gasteiger partial charge in [0, 0.05) is 10.6 Å². The van der Waals surface area contributed by atoms with Crippen molar-refractivity contribution in [3.05, 3.63) is 38.5 Å². The number of halogens is 4. The fourth-order valence-electron chi connectivity index (χ4n) is 2.47. The highest BCUT2D eigenvalue weighted by molar-refractivity contribution is 6.42. The van der Waals surface area contributed by atoms with E-state index < -0.39 is 17.2 Å². The summed E-state index contributed by atoms with van der Waals surface area (Å²) >= 11 is 18.4. The van der Waals surface area contributed by atoms with Crippen molar-refractivity contribution in [3.8, 4) is 11.3 Å². The highest BCUT2D eigenvalue weighted by Gasteiger charge is 2.49. The van der Waals surface area contributed by atoms with E-state index in [2.05, 4.69) is 5.16 Å². The minimum absolute atomic E-state index is 0.00941. The number of aromatic nitrogens is 1. The summed E-state index contributed by atoms with van der Waals surface area (Å²) in [7, 11) is 0. The molecular formula is C17H15Cl3FNO4. The van der Waals surface area contributed by atoms with Gasteiger partial charge >= 0.3 is 5.97 Å². The first kappa shape index (κ1) is 19.4. The van der Waals surface area contributed by atoms with Crippen LogP contribution < -0.4 is 0 Å². The van der Waals surface area contributed by atoms with Crippen LogP contribution in [0.15, 0.2) is 16.7 Å². The van der Waals surface area contributed by atoms with E-state index >= 15 is 0 Å².